The summed E-state index contributed by atoms with van der Waals surface area (Å²) in [5.74, 6) is -0.235. The second-order valence-corrected chi connectivity index (χ2v) is 8.82. The first-order valence-corrected chi connectivity index (χ1v) is 11.5. The van der Waals surface area contributed by atoms with E-state index in [2.05, 4.69) is 10.3 Å². The molecule has 1 aliphatic rings. The molecule has 0 bridgehead atoms. The van der Waals surface area contributed by atoms with Crippen molar-refractivity contribution >= 4 is 44.9 Å². The van der Waals surface area contributed by atoms with E-state index >= 15 is 0 Å². The Kier molecular flexibility index (Phi) is 6.14. The molecule has 2 amide bonds. The average molecular weight is 447 g/mol. The summed E-state index contributed by atoms with van der Waals surface area (Å²) in [5, 5.41) is 7.43. The molecule has 4 heterocycles. The summed E-state index contributed by atoms with van der Waals surface area (Å²) in [6.07, 6.45) is 2.43. The SMILES string of the molecule is CCOC(=O)N1CCC(NC(=O)Cn2cnc3scc(-c4cccs4)c3c2=O)CC1. The maximum atomic E-state index is 13.0. The van der Waals surface area contributed by atoms with Gasteiger partial charge in [0.05, 0.1) is 18.3 Å². The zero-order chi connectivity index (χ0) is 21.1. The van der Waals surface area contributed by atoms with Crippen molar-refractivity contribution in [1.82, 2.24) is 19.8 Å². The van der Waals surface area contributed by atoms with Crippen molar-refractivity contribution < 1.29 is 14.3 Å². The van der Waals surface area contributed by atoms with Crippen LogP contribution in [-0.2, 0) is 16.1 Å². The molecule has 0 saturated carbocycles. The van der Waals surface area contributed by atoms with Crippen molar-refractivity contribution in [1.29, 1.82) is 0 Å². The molecule has 30 heavy (non-hydrogen) atoms. The van der Waals surface area contributed by atoms with E-state index in [-0.39, 0.29) is 30.1 Å². The van der Waals surface area contributed by atoms with Crippen LogP contribution >= 0.6 is 22.7 Å². The van der Waals surface area contributed by atoms with Gasteiger partial charge in [-0.05, 0) is 31.2 Å². The van der Waals surface area contributed by atoms with Gasteiger partial charge < -0.3 is 15.0 Å². The Bertz CT molecular complexity index is 1100. The first kappa shape index (κ1) is 20.5. The Morgan fingerprint density at radius 2 is 2.10 bits per heavy atom. The maximum Gasteiger partial charge on any atom is 0.409 e. The van der Waals surface area contributed by atoms with Crippen molar-refractivity contribution in [3.05, 3.63) is 39.6 Å². The van der Waals surface area contributed by atoms with Crippen LogP contribution in [0.25, 0.3) is 20.7 Å². The first-order chi connectivity index (χ1) is 14.6. The predicted octanol–water partition coefficient (Wildman–Crippen LogP) is 2.92. The molecular formula is C20H22N4O4S2. The van der Waals surface area contributed by atoms with Gasteiger partial charge in [-0.2, -0.15) is 0 Å². The molecule has 1 aliphatic heterocycles. The molecule has 4 rings (SSSR count). The molecule has 10 heteroatoms. The van der Waals surface area contributed by atoms with Gasteiger partial charge in [0.1, 0.15) is 11.4 Å². The number of aromatic nitrogens is 2. The third-order valence-corrected chi connectivity index (χ3v) is 6.84. The van der Waals surface area contributed by atoms with Gasteiger partial charge in [-0.15, -0.1) is 22.7 Å². The van der Waals surface area contributed by atoms with E-state index in [9.17, 15) is 14.4 Å². The highest BCUT2D eigenvalue weighted by atomic mass is 32.1. The molecule has 1 fully saturated rings. The second-order valence-electron chi connectivity index (χ2n) is 7.01. The highest BCUT2D eigenvalue weighted by Gasteiger charge is 2.25. The molecule has 0 atom stereocenters. The number of carbonyl (C=O) groups excluding carboxylic acids is 2. The Balaban J connectivity index is 1.42. The van der Waals surface area contributed by atoms with Gasteiger partial charge in [0, 0.05) is 35.0 Å². The smallest absolute Gasteiger partial charge is 0.409 e. The van der Waals surface area contributed by atoms with Crippen LogP contribution < -0.4 is 10.9 Å². The van der Waals surface area contributed by atoms with Crippen molar-refractivity contribution in [2.45, 2.75) is 32.4 Å². The number of hydrogen-bond acceptors (Lipinski definition) is 7. The summed E-state index contributed by atoms with van der Waals surface area (Å²) in [6, 6.07) is 3.88. The monoisotopic (exact) mass is 446 g/mol. The van der Waals surface area contributed by atoms with Crippen LogP contribution in [0.3, 0.4) is 0 Å². The van der Waals surface area contributed by atoms with E-state index in [0.29, 0.717) is 42.8 Å². The van der Waals surface area contributed by atoms with Gasteiger partial charge in [-0.25, -0.2) is 9.78 Å². The van der Waals surface area contributed by atoms with Gasteiger partial charge >= 0.3 is 6.09 Å². The summed E-state index contributed by atoms with van der Waals surface area (Å²) in [6.45, 7) is 3.12. The van der Waals surface area contributed by atoms with E-state index in [4.69, 9.17) is 4.74 Å². The van der Waals surface area contributed by atoms with E-state index in [1.54, 1.807) is 23.2 Å². The second kappa shape index (κ2) is 8.97. The van der Waals surface area contributed by atoms with Crippen molar-refractivity contribution in [3.8, 4) is 10.4 Å². The number of hydrogen-bond donors (Lipinski definition) is 1. The lowest BCUT2D eigenvalue weighted by atomic mass is 10.1. The number of carbonyl (C=O) groups is 2. The van der Waals surface area contributed by atoms with Gasteiger partial charge in [0.15, 0.2) is 0 Å². The van der Waals surface area contributed by atoms with Crippen molar-refractivity contribution in [2.75, 3.05) is 19.7 Å². The molecule has 3 aromatic rings. The third-order valence-electron chi connectivity index (χ3n) is 5.05. The van der Waals surface area contributed by atoms with E-state index in [1.807, 2.05) is 22.9 Å². The quantitative estimate of drug-likeness (QED) is 0.650. The Hall–Kier alpha value is -2.72. The number of rotatable bonds is 5. The molecule has 1 N–H and O–H groups in total. The third kappa shape index (κ3) is 4.24. The summed E-state index contributed by atoms with van der Waals surface area (Å²) in [7, 11) is 0. The maximum absolute atomic E-state index is 13.0. The van der Waals surface area contributed by atoms with Crippen LogP contribution in [0, 0.1) is 0 Å². The van der Waals surface area contributed by atoms with Crippen molar-refractivity contribution in [2.24, 2.45) is 0 Å². The lowest BCUT2D eigenvalue weighted by Gasteiger charge is -2.31. The summed E-state index contributed by atoms with van der Waals surface area (Å²) in [4.78, 5) is 45.0. The number of ether oxygens (including phenoxy) is 1. The van der Waals surface area contributed by atoms with E-state index < -0.39 is 0 Å². The van der Waals surface area contributed by atoms with Crippen LogP contribution in [0.4, 0.5) is 4.79 Å². The normalized spacial score (nSPS) is 14.8. The summed E-state index contributed by atoms with van der Waals surface area (Å²) in [5.41, 5.74) is 0.653. The van der Waals surface area contributed by atoms with Crippen LogP contribution in [0.15, 0.2) is 34.0 Å². The standard InChI is InChI=1S/C20H22N4O4S2/c1-2-28-20(27)23-7-5-13(6-8-23)22-16(25)10-24-12-21-18-17(19(24)26)14(11-30-18)15-4-3-9-29-15/h3-4,9,11-13H,2,5-8,10H2,1H3,(H,22,25). The van der Waals surface area contributed by atoms with Crippen LogP contribution in [-0.4, -0.2) is 52.2 Å². The van der Waals surface area contributed by atoms with Gasteiger partial charge in [-0.3, -0.25) is 14.2 Å². The molecule has 0 aliphatic carbocycles. The molecular weight excluding hydrogens is 424 g/mol. The average Bonchev–Trinajstić information content (AvgIpc) is 3.40. The lowest BCUT2D eigenvalue weighted by molar-refractivity contribution is -0.122. The van der Waals surface area contributed by atoms with Crippen molar-refractivity contribution in [3.63, 3.8) is 0 Å². The Labute approximate surface area is 181 Å². The largest absolute Gasteiger partial charge is 0.450 e. The fourth-order valence-corrected chi connectivity index (χ4v) is 5.26. The number of fused-ring (bicyclic) bond motifs is 1. The van der Waals surface area contributed by atoms with Gasteiger partial charge in [-0.1, -0.05) is 6.07 Å². The first-order valence-electron chi connectivity index (χ1n) is 9.78. The topological polar surface area (TPSA) is 93.5 Å². The number of amides is 2. The number of nitrogens with one attached hydrogen (secondary N) is 1. The zero-order valence-corrected chi connectivity index (χ0v) is 18.1. The molecule has 1 saturated heterocycles. The Morgan fingerprint density at radius 1 is 1.30 bits per heavy atom. The summed E-state index contributed by atoms with van der Waals surface area (Å²) < 4.78 is 6.37. The molecule has 158 valence electrons. The lowest BCUT2D eigenvalue weighted by Crippen LogP contribution is -2.47. The number of likely N-dealkylation sites (tertiary alicyclic amines) is 1. The van der Waals surface area contributed by atoms with Gasteiger partial charge in [0.25, 0.3) is 5.56 Å². The Morgan fingerprint density at radius 3 is 2.80 bits per heavy atom. The fraction of sp³-hybridized carbons (Fsp3) is 0.400. The predicted molar refractivity (Wildman–Crippen MR) is 117 cm³/mol. The fourth-order valence-electron chi connectivity index (χ4n) is 3.54. The minimum absolute atomic E-state index is 0.0293. The zero-order valence-electron chi connectivity index (χ0n) is 16.5. The highest BCUT2D eigenvalue weighted by Crippen LogP contribution is 2.33. The minimum atomic E-state index is -0.314. The molecule has 0 spiro atoms. The van der Waals surface area contributed by atoms with Crippen LogP contribution in [0.2, 0.25) is 0 Å². The van der Waals surface area contributed by atoms with Gasteiger partial charge in [0.2, 0.25) is 5.91 Å². The number of nitrogens with zero attached hydrogens (tertiary/aromatic N) is 3. The minimum Gasteiger partial charge on any atom is -0.450 e. The summed E-state index contributed by atoms with van der Waals surface area (Å²) >= 11 is 2.99. The van der Waals surface area contributed by atoms with Crippen LogP contribution in [0.5, 0.6) is 0 Å². The number of thiophene rings is 2. The molecule has 0 aromatic carbocycles. The van der Waals surface area contributed by atoms with E-state index in [1.165, 1.54) is 22.2 Å². The molecule has 8 nitrogen and oxygen atoms in total. The number of piperidine rings is 1. The molecule has 0 unspecified atom stereocenters. The van der Waals surface area contributed by atoms with E-state index in [0.717, 1.165) is 10.4 Å². The molecule has 3 aromatic heterocycles. The molecule has 0 radical (unpaired) electrons. The highest BCUT2D eigenvalue weighted by molar-refractivity contribution is 7.18. The van der Waals surface area contributed by atoms with Crippen LogP contribution in [0.1, 0.15) is 19.8 Å².